The third kappa shape index (κ3) is 2.00. The van der Waals surface area contributed by atoms with Crippen LogP contribution in [0.2, 0.25) is 8.67 Å². The topological polar surface area (TPSA) is 46.2 Å². The molecular weight excluding hydrogens is 269 g/mol. The second kappa shape index (κ2) is 4.20. The summed E-state index contributed by atoms with van der Waals surface area (Å²) in [7, 11) is 0. The first-order valence-corrected chi connectivity index (χ1v) is 6.05. The van der Waals surface area contributed by atoms with E-state index in [0.29, 0.717) is 19.8 Å². The Labute approximate surface area is 106 Å². The Kier molecular flexibility index (Phi) is 3.06. The number of amides is 2. The van der Waals surface area contributed by atoms with Crippen molar-refractivity contribution in [2.75, 3.05) is 0 Å². The van der Waals surface area contributed by atoms with Crippen molar-refractivity contribution >= 4 is 51.9 Å². The van der Waals surface area contributed by atoms with Crippen molar-refractivity contribution in [3.63, 3.8) is 0 Å². The molecule has 2 heterocycles. The predicted octanol–water partition coefficient (Wildman–Crippen LogP) is 2.87. The smallest absolute Gasteiger partial charge is 0.254 e. The lowest BCUT2D eigenvalue weighted by atomic mass is 10.0. The average molecular weight is 276 g/mol. The molecule has 1 aromatic rings. The number of allylic oxidation sites excluding steroid dienone is 1. The lowest BCUT2D eigenvalue weighted by Gasteiger charge is -2.01. The van der Waals surface area contributed by atoms with Crippen molar-refractivity contribution in [1.82, 2.24) is 5.32 Å². The van der Waals surface area contributed by atoms with E-state index >= 15 is 0 Å². The minimum Gasteiger partial charge on any atom is -0.292 e. The highest BCUT2D eigenvalue weighted by molar-refractivity contribution is 7.20. The third-order valence-electron chi connectivity index (χ3n) is 2.38. The SMILES string of the molecule is C/C(=C1/CC(=O)NC1=O)c1cc(Cl)sc1Cl. The molecular formula is C10H7Cl2NO2S. The number of thiophene rings is 1. The molecule has 2 rings (SSSR count). The van der Waals surface area contributed by atoms with Crippen LogP contribution in [0.15, 0.2) is 11.6 Å². The van der Waals surface area contributed by atoms with Gasteiger partial charge in [0.25, 0.3) is 5.91 Å². The van der Waals surface area contributed by atoms with Gasteiger partial charge >= 0.3 is 0 Å². The number of halogens is 2. The fraction of sp³-hybridized carbons (Fsp3) is 0.200. The molecule has 1 fully saturated rings. The maximum atomic E-state index is 11.5. The van der Waals surface area contributed by atoms with Crippen molar-refractivity contribution in [2.45, 2.75) is 13.3 Å². The molecule has 1 aliphatic rings. The maximum Gasteiger partial charge on any atom is 0.254 e. The zero-order valence-electron chi connectivity index (χ0n) is 8.27. The minimum absolute atomic E-state index is 0.106. The molecule has 0 atom stereocenters. The second-order valence-electron chi connectivity index (χ2n) is 3.40. The van der Waals surface area contributed by atoms with Gasteiger partial charge < -0.3 is 0 Å². The van der Waals surface area contributed by atoms with Crippen LogP contribution in [0.4, 0.5) is 0 Å². The summed E-state index contributed by atoms with van der Waals surface area (Å²) in [4.78, 5) is 22.5. The molecule has 0 saturated carbocycles. The number of nitrogens with one attached hydrogen (secondary N) is 1. The Balaban J connectivity index is 2.48. The molecule has 1 N–H and O–H groups in total. The Morgan fingerprint density at radius 2 is 2.12 bits per heavy atom. The van der Waals surface area contributed by atoms with Gasteiger partial charge in [-0.1, -0.05) is 23.2 Å². The van der Waals surface area contributed by atoms with E-state index in [1.54, 1.807) is 13.0 Å². The maximum absolute atomic E-state index is 11.5. The zero-order valence-corrected chi connectivity index (χ0v) is 10.6. The molecule has 0 bridgehead atoms. The molecule has 2 amide bonds. The molecule has 3 nitrogen and oxygen atoms in total. The monoisotopic (exact) mass is 275 g/mol. The van der Waals surface area contributed by atoms with Gasteiger partial charge in [0, 0.05) is 11.1 Å². The van der Waals surface area contributed by atoms with Gasteiger partial charge in [-0.25, -0.2) is 0 Å². The van der Waals surface area contributed by atoms with Gasteiger partial charge in [-0.2, -0.15) is 0 Å². The Morgan fingerprint density at radius 1 is 1.44 bits per heavy atom. The molecule has 84 valence electrons. The summed E-state index contributed by atoms with van der Waals surface area (Å²) in [5.74, 6) is -0.627. The number of imide groups is 1. The van der Waals surface area contributed by atoms with Crippen LogP contribution in [0, 0.1) is 0 Å². The minimum atomic E-state index is -0.346. The van der Waals surface area contributed by atoms with Crippen molar-refractivity contribution in [2.24, 2.45) is 0 Å². The van der Waals surface area contributed by atoms with E-state index in [1.165, 1.54) is 11.3 Å². The van der Waals surface area contributed by atoms with Crippen molar-refractivity contribution in [3.05, 3.63) is 25.9 Å². The average Bonchev–Trinajstić information content (AvgIpc) is 2.68. The van der Waals surface area contributed by atoms with Crippen LogP contribution in [0.25, 0.3) is 5.57 Å². The highest BCUT2D eigenvalue weighted by Crippen LogP contribution is 2.37. The summed E-state index contributed by atoms with van der Waals surface area (Å²) in [6.07, 6.45) is 0.106. The largest absolute Gasteiger partial charge is 0.292 e. The van der Waals surface area contributed by atoms with E-state index in [1.807, 2.05) is 0 Å². The molecule has 0 aliphatic carbocycles. The van der Waals surface area contributed by atoms with Crippen LogP contribution < -0.4 is 5.32 Å². The molecule has 0 aromatic carbocycles. The second-order valence-corrected chi connectivity index (χ2v) is 5.68. The lowest BCUT2D eigenvalue weighted by molar-refractivity contribution is -0.124. The zero-order chi connectivity index (χ0) is 11.9. The van der Waals surface area contributed by atoms with Gasteiger partial charge in [-0.05, 0) is 18.6 Å². The molecule has 0 radical (unpaired) electrons. The highest BCUT2D eigenvalue weighted by atomic mass is 35.5. The van der Waals surface area contributed by atoms with E-state index in [2.05, 4.69) is 5.32 Å². The van der Waals surface area contributed by atoms with Crippen LogP contribution in [-0.2, 0) is 9.59 Å². The van der Waals surface area contributed by atoms with Gasteiger partial charge in [0.15, 0.2) is 0 Å². The van der Waals surface area contributed by atoms with Gasteiger partial charge in [0.1, 0.15) is 4.34 Å². The molecule has 0 unspecified atom stereocenters. The summed E-state index contributed by atoms with van der Waals surface area (Å²) in [6.45, 7) is 1.76. The molecule has 0 spiro atoms. The normalized spacial score (nSPS) is 18.9. The Morgan fingerprint density at radius 3 is 2.56 bits per heavy atom. The number of rotatable bonds is 1. The first-order chi connectivity index (χ1) is 7.49. The number of hydrogen-bond acceptors (Lipinski definition) is 3. The van der Waals surface area contributed by atoms with E-state index in [-0.39, 0.29) is 18.2 Å². The Hall–Kier alpha value is -0.840. The highest BCUT2D eigenvalue weighted by Gasteiger charge is 2.27. The van der Waals surface area contributed by atoms with E-state index in [9.17, 15) is 9.59 Å². The van der Waals surface area contributed by atoms with Crippen LogP contribution >= 0.6 is 34.5 Å². The third-order valence-corrected chi connectivity index (χ3v) is 3.87. The van der Waals surface area contributed by atoms with E-state index < -0.39 is 0 Å². The van der Waals surface area contributed by atoms with Crippen LogP contribution in [0.5, 0.6) is 0 Å². The first-order valence-electron chi connectivity index (χ1n) is 4.48. The fourth-order valence-electron chi connectivity index (χ4n) is 1.55. The Bertz CT molecular complexity index is 519. The summed E-state index contributed by atoms with van der Waals surface area (Å²) in [5, 5.41) is 2.24. The van der Waals surface area contributed by atoms with Crippen molar-refractivity contribution in [1.29, 1.82) is 0 Å². The van der Waals surface area contributed by atoms with E-state index in [0.717, 1.165) is 5.56 Å². The first kappa shape index (κ1) is 11.6. The molecule has 1 aromatic heterocycles. The van der Waals surface area contributed by atoms with E-state index in [4.69, 9.17) is 23.2 Å². The summed E-state index contributed by atoms with van der Waals surface area (Å²) < 4.78 is 1.09. The fourth-order valence-corrected chi connectivity index (χ4v) is 3.12. The molecule has 1 aliphatic heterocycles. The molecule has 1 saturated heterocycles. The number of carbonyl (C=O) groups is 2. The van der Waals surface area contributed by atoms with Crippen LogP contribution in [0.3, 0.4) is 0 Å². The van der Waals surface area contributed by atoms with Gasteiger partial charge in [-0.15, -0.1) is 11.3 Å². The summed E-state index contributed by atoms with van der Waals surface area (Å²) >= 11 is 13.0. The predicted molar refractivity (Wildman–Crippen MR) is 64.7 cm³/mol. The van der Waals surface area contributed by atoms with Crippen LogP contribution in [0.1, 0.15) is 18.9 Å². The lowest BCUT2D eigenvalue weighted by Crippen LogP contribution is -2.19. The van der Waals surface area contributed by atoms with Crippen LogP contribution in [-0.4, -0.2) is 11.8 Å². The molecule has 16 heavy (non-hydrogen) atoms. The van der Waals surface area contributed by atoms with Gasteiger partial charge in [-0.3, -0.25) is 14.9 Å². The quantitative estimate of drug-likeness (QED) is 0.633. The summed E-state index contributed by atoms with van der Waals surface area (Å²) in [6, 6.07) is 1.70. The van der Waals surface area contributed by atoms with Gasteiger partial charge in [0.2, 0.25) is 5.91 Å². The number of carbonyl (C=O) groups excluding carboxylic acids is 2. The standard InChI is InChI=1S/C10H7Cl2NO2S/c1-4(5-2-7(11)16-9(5)12)6-3-8(14)13-10(6)15/h2H,3H2,1H3,(H,13,14,15)/b6-4+. The summed E-state index contributed by atoms with van der Waals surface area (Å²) in [5.41, 5.74) is 1.88. The van der Waals surface area contributed by atoms with Gasteiger partial charge in [0.05, 0.1) is 10.8 Å². The van der Waals surface area contributed by atoms with Crippen molar-refractivity contribution < 1.29 is 9.59 Å². The number of hydrogen-bond donors (Lipinski definition) is 1. The van der Waals surface area contributed by atoms with Crippen molar-refractivity contribution in [3.8, 4) is 0 Å². The molecule has 6 heteroatoms.